The Bertz CT molecular complexity index is 652. The van der Waals surface area contributed by atoms with Gasteiger partial charge in [-0.25, -0.2) is 0 Å². The Morgan fingerprint density at radius 3 is 2.70 bits per heavy atom. The normalized spacial score (nSPS) is 13.1. The van der Waals surface area contributed by atoms with E-state index in [1.54, 1.807) is 38.6 Å². The quantitative estimate of drug-likeness (QED) is 0.805. The molecule has 1 aromatic carbocycles. The molecule has 0 fully saturated rings. The number of carbonyl (C=O) groups excluding carboxylic acids is 2. The Labute approximate surface area is 135 Å². The summed E-state index contributed by atoms with van der Waals surface area (Å²) in [6.07, 6.45) is 5.19. The molecule has 1 aromatic rings. The van der Waals surface area contributed by atoms with Gasteiger partial charge in [-0.15, -0.1) is 6.58 Å². The third-order valence-electron chi connectivity index (χ3n) is 3.50. The molecule has 0 saturated carbocycles. The first-order valence-electron chi connectivity index (χ1n) is 7.19. The molecular formula is C17H20N2O4. The highest BCUT2D eigenvalue weighted by Gasteiger charge is 2.21. The molecule has 6 nitrogen and oxygen atoms in total. The molecule has 1 heterocycles. The first-order valence-corrected chi connectivity index (χ1v) is 7.19. The van der Waals surface area contributed by atoms with E-state index in [4.69, 9.17) is 9.47 Å². The molecule has 122 valence electrons. The lowest BCUT2D eigenvalue weighted by molar-refractivity contribution is -0.132. The zero-order valence-electron chi connectivity index (χ0n) is 13.3. The van der Waals surface area contributed by atoms with Crippen molar-refractivity contribution < 1.29 is 19.1 Å². The average Bonchev–Trinajstić information content (AvgIpc) is 2.70. The fourth-order valence-electron chi connectivity index (χ4n) is 2.30. The fraction of sp³-hybridized carbons (Fsp3) is 0.294. The monoisotopic (exact) mass is 316 g/mol. The minimum Gasteiger partial charge on any atom is -0.493 e. The number of amides is 2. The Balaban J connectivity index is 2.21. The van der Waals surface area contributed by atoms with E-state index in [1.165, 1.54) is 4.90 Å². The van der Waals surface area contributed by atoms with E-state index < -0.39 is 0 Å². The summed E-state index contributed by atoms with van der Waals surface area (Å²) in [6, 6.07) is 3.61. The van der Waals surface area contributed by atoms with Crippen LogP contribution in [0, 0.1) is 0 Å². The zero-order chi connectivity index (χ0) is 16.8. The van der Waals surface area contributed by atoms with Crippen LogP contribution in [0.3, 0.4) is 0 Å². The van der Waals surface area contributed by atoms with Gasteiger partial charge < -0.3 is 19.7 Å². The van der Waals surface area contributed by atoms with Crippen molar-refractivity contribution in [3.8, 4) is 11.5 Å². The SMILES string of the molecule is C=CCNC(=O)CN1C=Cc2cc(OC)c(OC)cc2CC1=O. The second-order valence-corrected chi connectivity index (χ2v) is 5.01. The highest BCUT2D eigenvalue weighted by atomic mass is 16.5. The van der Waals surface area contributed by atoms with Gasteiger partial charge in [-0.2, -0.15) is 0 Å². The molecule has 0 radical (unpaired) electrons. The summed E-state index contributed by atoms with van der Waals surface area (Å²) in [5, 5.41) is 2.65. The predicted molar refractivity (Wildman–Crippen MR) is 87.2 cm³/mol. The van der Waals surface area contributed by atoms with E-state index in [1.807, 2.05) is 6.07 Å². The van der Waals surface area contributed by atoms with Crippen LogP contribution < -0.4 is 14.8 Å². The Hall–Kier alpha value is -2.76. The van der Waals surface area contributed by atoms with Crippen LogP contribution in [-0.4, -0.2) is 44.0 Å². The van der Waals surface area contributed by atoms with Gasteiger partial charge in [0.05, 0.1) is 20.6 Å². The van der Waals surface area contributed by atoms with Gasteiger partial charge in [0.1, 0.15) is 6.54 Å². The van der Waals surface area contributed by atoms with Crippen LogP contribution in [0.25, 0.3) is 6.08 Å². The van der Waals surface area contributed by atoms with E-state index in [0.29, 0.717) is 18.0 Å². The molecule has 0 atom stereocenters. The van der Waals surface area contributed by atoms with E-state index in [-0.39, 0.29) is 24.8 Å². The van der Waals surface area contributed by atoms with Gasteiger partial charge in [-0.05, 0) is 29.3 Å². The number of ether oxygens (including phenoxy) is 2. The molecule has 2 amide bonds. The van der Waals surface area contributed by atoms with E-state index >= 15 is 0 Å². The topological polar surface area (TPSA) is 67.9 Å². The third kappa shape index (κ3) is 3.91. The molecule has 0 spiro atoms. The van der Waals surface area contributed by atoms with Crippen molar-refractivity contribution in [3.63, 3.8) is 0 Å². The number of hydrogen-bond acceptors (Lipinski definition) is 4. The lowest BCUT2D eigenvalue weighted by atomic mass is 10.0. The van der Waals surface area contributed by atoms with E-state index in [9.17, 15) is 9.59 Å². The third-order valence-corrected chi connectivity index (χ3v) is 3.50. The fourth-order valence-corrected chi connectivity index (χ4v) is 2.30. The standard InChI is InChI=1S/C17H20N2O4/c1-4-6-18-16(20)11-19-7-5-12-8-14(22-2)15(23-3)9-13(12)10-17(19)21/h4-5,7-9H,1,6,10-11H2,2-3H3,(H,18,20). The van der Waals surface area contributed by atoms with Crippen molar-refractivity contribution in [3.05, 3.63) is 42.1 Å². The molecule has 23 heavy (non-hydrogen) atoms. The highest BCUT2D eigenvalue weighted by Crippen LogP contribution is 2.32. The summed E-state index contributed by atoms with van der Waals surface area (Å²) in [7, 11) is 3.11. The molecule has 2 rings (SSSR count). The van der Waals surface area contributed by atoms with Crippen LogP contribution in [0.15, 0.2) is 31.0 Å². The van der Waals surface area contributed by atoms with Gasteiger partial charge in [0.25, 0.3) is 0 Å². The maximum Gasteiger partial charge on any atom is 0.240 e. The molecule has 0 aromatic heterocycles. The number of nitrogens with zero attached hydrogens (tertiary/aromatic N) is 1. The number of hydrogen-bond donors (Lipinski definition) is 1. The number of fused-ring (bicyclic) bond motifs is 1. The lowest BCUT2D eigenvalue weighted by Crippen LogP contribution is -2.38. The van der Waals surface area contributed by atoms with Gasteiger partial charge in [0.2, 0.25) is 11.8 Å². The number of rotatable bonds is 6. The number of methoxy groups -OCH3 is 2. The van der Waals surface area contributed by atoms with Crippen molar-refractivity contribution in [2.75, 3.05) is 27.3 Å². The molecule has 0 unspecified atom stereocenters. The summed E-state index contributed by atoms with van der Waals surface area (Å²) in [5.41, 5.74) is 1.70. The Morgan fingerprint density at radius 2 is 2.04 bits per heavy atom. The molecule has 1 aliphatic rings. The van der Waals surface area contributed by atoms with Gasteiger partial charge in [0.15, 0.2) is 11.5 Å². The first kappa shape index (κ1) is 16.6. The van der Waals surface area contributed by atoms with Crippen molar-refractivity contribution >= 4 is 17.9 Å². The molecule has 1 N–H and O–H groups in total. The summed E-state index contributed by atoms with van der Waals surface area (Å²) in [5.74, 6) is 0.787. The summed E-state index contributed by atoms with van der Waals surface area (Å²) in [4.78, 5) is 25.5. The minimum atomic E-state index is -0.232. The van der Waals surface area contributed by atoms with Crippen LogP contribution in [0.4, 0.5) is 0 Å². The highest BCUT2D eigenvalue weighted by molar-refractivity contribution is 5.89. The van der Waals surface area contributed by atoms with Crippen LogP contribution in [0.2, 0.25) is 0 Å². The average molecular weight is 316 g/mol. The summed E-state index contributed by atoms with van der Waals surface area (Å²) < 4.78 is 10.5. The second-order valence-electron chi connectivity index (χ2n) is 5.01. The van der Waals surface area contributed by atoms with Crippen LogP contribution in [-0.2, 0) is 16.0 Å². The second kappa shape index (κ2) is 7.49. The van der Waals surface area contributed by atoms with Crippen LogP contribution >= 0.6 is 0 Å². The Kier molecular flexibility index (Phi) is 5.41. The van der Waals surface area contributed by atoms with Gasteiger partial charge in [-0.1, -0.05) is 6.08 Å². The zero-order valence-corrected chi connectivity index (χ0v) is 13.3. The lowest BCUT2D eigenvalue weighted by Gasteiger charge is -2.16. The molecule has 0 saturated heterocycles. The molecule has 6 heteroatoms. The largest absolute Gasteiger partial charge is 0.493 e. The number of carbonyl (C=O) groups is 2. The number of nitrogens with one attached hydrogen (secondary N) is 1. The molecule has 0 aliphatic carbocycles. The minimum absolute atomic E-state index is 0.0224. The number of benzene rings is 1. The maximum absolute atomic E-state index is 12.3. The predicted octanol–water partition coefficient (Wildman–Crippen LogP) is 1.36. The van der Waals surface area contributed by atoms with Crippen LogP contribution in [0.5, 0.6) is 11.5 Å². The van der Waals surface area contributed by atoms with Gasteiger partial charge in [0, 0.05) is 12.7 Å². The summed E-state index contributed by atoms with van der Waals surface area (Å²) in [6.45, 7) is 3.89. The molecule has 0 bridgehead atoms. The summed E-state index contributed by atoms with van der Waals surface area (Å²) >= 11 is 0. The van der Waals surface area contributed by atoms with Gasteiger partial charge >= 0.3 is 0 Å². The van der Waals surface area contributed by atoms with Crippen molar-refractivity contribution in [2.24, 2.45) is 0 Å². The maximum atomic E-state index is 12.3. The van der Waals surface area contributed by atoms with E-state index in [0.717, 1.165) is 11.1 Å². The van der Waals surface area contributed by atoms with Gasteiger partial charge in [-0.3, -0.25) is 9.59 Å². The smallest absolute Gasteiger partial charge is 0.240 e. The van der Waals surface area contributed by atoms with E-state index in [2.05, 4.69) is 11.9 Å². The van der Waals surface area contributed by atoms with Crippen molar-refractivity contribution in [2.45, 2.75) is 6.42 Å². The molecular weight excluding hydrogens is 296 g/mol. The molecule has 1 aliphatic heterocycles. The van der Waals surface area contributed by atoms with Crippen molar-refractivity contribution in [1.29, 1.82) is 0 Å². The van der Waals surface area contributed by atoms with Crippen LogP contribution in [0.1, 0.15) is 11.1 Å². The van der Waals surface area contributed by atoms with Crippen molar-refractivity contribution in [1.82, 2.24) is 10.2 Å². The Morgan fingerprint density at radius 1 is 1.35 bits per heavy atom. The first-order chi connectivity index (χ1) is 11.1.